The first-order valence-electron chi connectivity index (χ1n) is 10.2. The van der Waals surface area contributed by atoms with Crippen molar-refractivity contribution < 1.29 is 13.2 Å². The summed E-state index contributed by atoms with van der Waals surface area (Å²) in [5, 5.41) is 3.85. The highest BCUT2D eigenvalue weighted by atomic mass is 32.2. The maximum atomic E-state index is 14.6. The highest BCUT2D eigenvalue weighted by molar-refractivity contribution is 8.14. The monoisotopic (exact) mass is 446 g/mol. The van der Waals surface area contributed by atoms with E-state index in [9.17, 15) is 13.2 Å². The highest BCUT2D eigenvalue weighted by Crippen LogP contribution is 2.37. The normalized spacial score (nSPS) is 19.5. The molecular weight excluding hydrogens is 421 g/mol. The third-order valence-electron chi connectivity index (χ3n) is 5.80. The topological polar surface area (TPSA) is 50.7 Å². The minimum atomic E-state index is -3.24. The van der Waals surface area contributed by atoms with Crippen molar-refractivity contribution in [3.05, 3.63) is 58.8 Å². The number of fused-ring (bicyclic) bond motifs is 1. The number of nitrogens with zero attached hydrogens (tertiary/aromatic N) is 3. The quantitative estimate of drug-likeness (QED) is 0.505. The molecule has 0 amide bonds. The van der Waals surface area contributed by atoms with Crippen LogP contribution >= 0.6 is 10.5 Å². The molecule has 0 saturated carbocycles. The van der Waals surface area contributed by atoms with E-state index in [0.717, 1.165) is 41.5 Å². The first-order valence-corrected chi connectivity index (χ1v) is 12.0. The van der Waals surface area contributed by atoms with Crippen molar-refractivity contribution in [3.63, 3.8) is 0 Å². The second-order valence-corrected chi connectivity index (χ2v) is 10.1. The lowest BCUT2D eigenvalue weighted by molar-refractivity contribution is 0.0136. The number of rotatable bonds is 5. The van der Waals surface area contributed by atoms with Crippen molar-refractivity contribution >= 4 is 33.2 Å². The zero-order valence-electron chi connectivity index (χ0n) is 17.6. The molecule has 1 fully saturated rings. The second-order valence-electron chi connectivity index (χ2n) is 8.07. The average Bonchev–Trinajstić information content (AvgIpc) is 2.72. The molecule has 1 aliphatic rings. The maximum absolute atomic E-state index is 14.6. The first kappa shape index (κ1) is 21.7. The minimum absolute atomic E-state index is 0.0266. The van der Waals surface area contributed by atoms with Gasteiger partial charge < -0.3 is 5.32 Å². The summed E-state index contributed by atoms with van der Waals surface area (Å²) >= 11 is 0. The van der Waals surface area contributed by atoms with Crippen LogP contribution in [0.1, 0.15) is 48.1 Å². The predicted octanol–water partition coefficient (Wildman–Crippen LogP) is 5.77. The molecule has 0 aliphatic carbocycles. The predicted molar refractivity (Wildman–Crippen MR) is 122 cm³/mol. The van der Waals surface area contributed by atoms with Gasteiger partial charge in [-0.2, -0.15) is 10.5 Å². The Hall–Kier alpha value is -2.48. The van der Waals surface area contributed by atoms with E-state index in [0.29, 0.717) is 24.3 Å². The molecule has 0 radical (unpaired) electrons. The SMILES string of the molecule is C=S1CCC(c2cc3c(NCc4cccc(C(C)(F)F)c4F)ncnc3nc2C)CC1. The summed E-state index contributed by atoms with van der Waals surface area (Å²) in [6, 6.07) is 6.11. The molecule has 8 heteroatoms. The summed E-state index contributed by atoms with van der Waals surface area (Å²) < 4.78 is 41.9. The lowest BCUT2D eigenvalue weighted by Gasteiger charge is -2.25. The van der Waals surface area contributed by atoms with Crippen LogP contribution in [0.25, 0.3) is 11.0 Å². The van der Waals surface area contributed by atoms with Gasteiger partial charge in [0.05, 0.1) is 10.9 Å². The van der Waals surface area contributed by atoms with Crippen LogP contribution < -0.4 is 5.32 Å². The van der Waals surface area contributed by atoms with Gasteiger partial charge in [0.1, 0.15) is 18.0 Å². The molecule has 4 nitrogen and oxygen atoms in total. The fourth-order valence-electron chi connectivity index (χ4n) is 4.06. The highest BCUT2D eigenvalue weighted by Gasteiger charge is 2.29. The fraction of sp³-hybridized carbons (Fsp3) is 0.391. The number of aryl methyl sites for hydroxylation is 1. The number of nitrogens with one attached hydrogen (secondary N) is 1. The number of hydrogen-bond donors (Lipinski definition) is 1. The van der Waals surface area contributed by atoms with Gasteiger partial charge in [-0.15, -0.1) is 0 Å². The van der Waals surface area contributed by atoms with Crippen molar-refractivity contribution in [2.45, 2.75) is 45.1 Å². The lowest BCUT2D eigenvalue weighted by Crippen LogP contribution is -2.14. The molecular formula is C23H25F3N4S. The van der Waals surface area contributed by atoms with Gasteiger partial charge in [-0.3, -0.25) is 0 Å². The standard InChI is InChI=1S/C23H25F3N4S/c1-14-17(15-7-9-31(3)10-8-15)11-18-21(28-13-29-22(18)30-14)27-12-16-5-4-6-19(20(16)24)23(2,25)26/h4-6,11,13,15H,3,7-10,12H2,1-2H3,(H,27,28,29,30). The Morgan fingerprint density at radius 2 is 1.97 bits per heavy atom. The number of hydrogen-bond acceptors (Lipinski definition) is 4. The van der Waals surface area contributed by atoms with Crippen molar-refractivity contribution in [1.29, 1.82) is 0 Å². The molecule has 0 atom stereocenters. The molecule has 31 heavy (non-hydrogen) atoms. The van der Waals surface area contributed by atoms with Gasteiger partial charge in [0, 0.05) is 24.7 Å². The molecule has 1 saturated heterocycles. The first-order chi connectivity index (χ1) is 14.7. The molecule has 0 bridgehead atoms. The molecule has 164 valence electrons. The van der Waals surface area contributed by atoms with Crippen molar-refractivity contribution in [2.75, 3.05) is 16.8 Å². The third-order valence-corrected chi connectivity index (χ3v) is 7.43. The van der Waals surface area contributed by atoms with E-state index in [2.05, 4.69) is 32.2 Å². The van der Waals surface area contributed by atoms with Crippen LogP contribution in [-0.4, -0.2) is 32.3 Å². The van der Waals surface area contributed by atoms with Gasteiger partial charge in [-0.1, -0.05) is 24.1 Å². The Bertz CT molecular complexity index is 1130. The molecule has 0 spiro atoms. The molecule has 3 heterocycles. The van der Waals surface area contributed by atoms with Gasteiger partial charge in [-0.25, -0.2) is 28.1 Å². The molecule has 3 aromatic rings. The molecule has 0 unspecified atom stereocenters. The summed E-state index contributed by atoms with van der Waals surface area (Å²) in [5.41, 5.74) is 2.24. The minimum Gasteiger partial charge on any atom is -0.365 e. The second kappa shape index (κ2) is 8.57. The number of benzene rings is 1. The van der Waals surface area contributed by atoms with Crippen LogP contribution in [0.3, 0.4) is 0 Å². The lowest BCUT2D eigenvalue weighted by atomic mass is 9.92. The van der Waals surface area contributed by atoms with E-state index in [-0.39, 0.29) is 22.6 Å². The van der Waals surface area contributed by atoms with Crippen molar-refractivity contribution in [2.24, 2.45) is 0 Å². The summed E-state index contributed by atoms with van der Waals surface area (Å²) in [6.07, 6.45) is 3.57. The van der Waals surface area contributed by atoms with Gasteiger partial charge >= 0.3 is 0 Å². The fourth-order valence-corrected chi connectivity index (χ4v) is 5.50. The number of anilines is 1. The Morgan fingerprint density at radius 1 is 1.23 bits per heavy atom. The van der Waals surface area contributed by atoms with Crippen molar-refractivity contribution in [3.8, 4) is 0 Å². The van der Waals surface area contributed by atoms with Crippen molar-refractivity contribution in [1.82, 2.24) is 15.0 Å². The number of halogens is 3. The van der Waals surface area contributed by atoms with E-state index >= 15 is 0 Å². The van der Waals surface area contributed by atoms with Crippen LogP contribution in [0, 0.1) is 12.7 Å². The number of alkyl halides is 2. The molecule has 1 aromatic carbocycles. The summed E-state index contributed by atoms with van der Waals surface area (Å²) in [4.78, 5) is 13.3. The smallest absolute Gasteiger partial charge is 0.273 e. The summed E-state index contributed by atoms with van der Waals surface area (Å²) in [6.45, 7) is 2.71. The van der Waals surface area contributed by atoms with E-state index in [1.165, 1.54) is 24.0 Å². The maximum Gasteiger partial charge on any atom is 0.273 e. The number of pyridine rings is 1. The third kappa shape index (κ3) is 4.59. The van der Waals surface area contributed by atoms with Crippen LogP contribution in [0.4, 0.5) is 19.0 Å². The van der Waals surface area contributed by atoms with E-state index in [1.54, 1.807) is 0 Å². The molecule has 1 aliphatic heterocycles. The average molecular weight is 447 g/mol. The van der Waals surface area contributed by atoms with Gasteiger partial charge in [0.2, 0.25) is 0 Å². The van der Waals surface area contributed by atoms with Gasteiger partial charge in [-0.05, 0) is 48.8 Å². The van der Waals surface area contributed by atoms with Crippen LogP contribution in [0.15, 0.2) is 30.6 Å². The Balaban J connectivity index is 1.64. The zero-order valence-corrected chi connectivity index (χ0v) is 18.4. The van der Waals surface area contributed by atoms with Crippen LogP contribution in [0.5, 0.6) is 0 Å². The molecule has 4 rings (SSSR count). The van der Waals surface area contributed by atoms with E-state index in [1.807, 2.05) is 6.92 Å². The van der Waals surface area contributed by atoms with E-state index in [4.69, 9.17) is 0 Å². The Morgan fingerprint density at radius 3 is 2.68 bits per heavy atom. The summed E-state index contributed by atoms with van der Waals surface area (Å²) in [5.74, 6) is 3.24. The number of aromatic nitrogens is 3. The Kier molecular flexibility index (Phi) is 6.01. The van der Waals surface area contributed by atoms with Crippen LogP contribution in [-0.2, 0) is 12.5 Å². The Labute approximate surface area is 182 Å². The van der Waals surface area contributed by atoms with E-state index < -0.39 is 17.3 Å². The van der Waals surface area contributed by atoms with Crippen LogP contribution in [0.2, 0.25) is 0 Å². The largest absolute Gasteiger partial charge is 0.365 e. The van der Waals surface area contributed by atoms with Gasteiger partial charge in [0.25, 0.3) is 5.92 Å². The molecule has 2 aromatic heterocycles. The zero-order chi connectivity index (χ0) is 22.2. The molecule has 1 N–H and O–H groups in total. The van der Waals surface area contributed by atoms with Gasteiger partial charge in [0.15, 0.2) is 5.65 Å². The summed E-state index contributed by atoms with van der Waals surface area (Å²) in [7, 11) is 0.246.